The van der Waals surface area contributed by atoms with E-state index in [1.165, 1.54) is 14.9 Å². The molecule has 0 spiro atoms. The van der Waals surface area contributed by atoms with Crippen molar-refractivity contribution >= 4 is 27.3 Å². The van der Waals surface area contributed by atoms with E-state index in [4.69, 9.17) is 4.74 Å². The van der Waals surface area contributed by atoms with Crippen molar-refractivity contribution in [1.29, 1.82) is 0 Å². The Hall–Kier alpha value is 0.100. The van der Waals surface area contributed by atoms with E-state index in [1.54, 1.807) is 11.3 Å². The van der Waals surface area contributed by atoms with Crippen LogP contribution >= 0.6 is 27.3 Å². The van der Waals surface area contributed by atoms with E-state index in [0.29, 0.717) is 6.04 Å². The predicted octanol–water partition coefficient (Wildman–Crippen LogP) is 2.48. The Balaban J connectivity index is 2.18. The third-order valence-electron chi connectivity index (χ3n) is 2.16. The van der Waals surface area contributed by atoms with E-state index in [9.17, 15) is 0 Å². The van der Waals surface area contributed by atoms with Crippen molar-refractivity contribution in [3.05, 3.63) is 20.3 Å². The monoisotopic (exact) mass is 261 g/mol. The molecule has 2 heterocycles. The van der Waals surface area contributed by atoms with Gasteiger partial charge in [0.15, 0.2) is 0 Å². The Morgan fingerprint density at radius 1 is 1.69 bits per heavy atom. The first-order valence-electron chi connectivity index (χ1n) is 4.33. The Morgan fingerprint density at radius 2 is 2.54 bits per heavy atom. The highest BCUT2D eigenvalue weighted by Crippen LogP contribution is 2.33. The molecule has 1 unspecified atom stereocenters. The molecule has 1 atom stereocenters. The van der Waals surface area contributed by atoms with Gasteiger partial charge >= 0.3 is 0 Å². The number of nitrogens with one attached hydrogen (secondary N) is 1. The summed E-state index contributed by atoms with van der Waals surface area (Å²) >= 11 is 5.39. The van der Waals surface area contributed by atoms with Gasteiger partial charge in [-0.15, -0.1) is 11.3 Å². The summed E-state index contributed by atoms with van der Waals surface area (Å²) in [5.41, 5.74) is 1.31. The molecule has 0 saturated carbocycles. The molecule has 0 bridgehead atoms. The molecule has 2 nitrogen and oxygen atoms in total. The fourth-order valence-electron chi connectivity index (χ4n) is 1.42. The zero-order valence-electron chi connectivity index (χ0n) is 7.47. The lowest BCUT2D eigenvalue weighted by Crippen LogP contribution is -2.34. The first-order chi connectivity index (χ1) is 6.29. The van der Waals surface area contributed by atoms with Gasteiger partial charge in [0, 0.05) is 15.9 Å². The third-order valence-corrected chi connectivity index (χ3v) is 4.69. The molecule has 0 amide bonds. The maximum absolute atomic E-state index is 5.42. The van der Waals surface area contributed by atoms with Crippen LogP contribution in [0.15, 0.2) is 9.85 Å². The van der Waals surface area contributed by atoms with E-state index in [0.717, 1.165) is 19.8 Å². The van der Waals surface area contributed by atoms with Crippen LogP contribution in [0, 0.1) is 6.92 Å². The average Bonchev–Trinajstić information content (AvgIpc) is 2.49. The van der Waals surface area contributed by atoms with Crippen molar-refractivity contribution in [3.63, 3.8) is 0 Å². The van der Waals surface area contributed by atoms with Gasteiger partial charge in [0.1, 0.15) is 0 Å². The van der Waals surface area contributed by atoms with Crippen LogP contribution in [0.4, 0.5) is 0 Å². The van der Waals surface area contributed by atoms with Crippen LogP contribution in [-0.4, -0.2) is 19.8 Å². The summed E-state index contributed by atoms with van der Waals surface area (Å²) in [6.45, 7) is 4.69. The molecule has 1 N–H and O–H groups in total. The molecule has 0 aliphatic carbocycles. The summed E-state index contributed by atoms with van der Waals surface area (Å²) in [4.78, 5) is 1.36. The van der Waals surface area contributed by atoms with E-state index in [2.05, 4.69) is 33.6 Å². The normalized spacial score (nSPS) is 23.4. The van der Waals surface area contributed by atoms with Gasteiger partial charge in [-0.3, -0.25) is 0 Å². The largest absolute Gasteiger partial charge is 0.378 e. The van der Waals surface area contributed by atoms with Crippen molar-refractivity contribution < 1.29 is 4.74 Å². The molecule has 13 heavy (non-hydrogen) atoms. The topological polar surface area (TPSA) is 21.3 Å². The minimum absolute atomic E-state index is 0.377. The molecule has 1 aromatic heterocycles. The summed E-state index contributed by atoms with van der Waals surface area (Å²) in [5.74, 6) is 0. The number of ether oxygens (including phenoxy) is 1. The molecular formula is C9H12BrNOS. The lowest BCUT2D eigenvalue weighted by atomic mass is 10.2. The van der Waals surface area contributed by atoms with Gasteiger partial charge in [-0.2, -0.15) is 0 Å². The molecule has 4 heteroatoms. The molecule has 1 fully saturated rings. The zero-order chi connectivity index (χ0) is 9.26. The van der Waals surface area contributed by atoms with Crippen LogP contribution in [0.2, 0.25) is 0 Å². The molecule has 2 rings (SSSR count). The Labute approximate surface area is 90.4 Å². The zero-order valence-corrected chi connectivity index (χ0v) is 9.87. The van der Waals surface area contributed by atoms with E-state index in [1.807, 2.05) is 0 Å². The van der Waals surface area contributed by atoms with Crippen LogP contribution in [0.1, 0.15) is 16.5 Å². The fraction of sp³-hybridized carbons (Fsp3) is 0.556. The summed E-state index contributed by atoms with van der Waals surface area (Å²) in [5, 5.41) is 5.62. The first kappa shape index (κ1) is 9.65. The Bertz CT molecular complexity index is 294. The number of halogens is 1. The summed E-state index contributed by atoms with van der Waals surface area (Å²) in [6.07, 6.45) is 0. The molecule has 0 aromatic carbocycles. The van der Waals surface area contributed by atoms with Crippen molar-refractivity contribution in [3.8, 4) is 0 Å². The summed E-state index contributed by atoms with van der Waals surface area (Å²) in [6, 6.07) is 0.377. The maximum atomic E-state index is 5.42. The highest BCUT2D eigenvalue weighted by Gasteiger charge is 2.19. The maximum Gasteiger partial charge on any atom is 0.0670 e. The molecule has 0 radical (unpaired) electrons. The van der Waals surface area contributed by atoms with Crippen molar-refractivity contribution in [2.24, 2.45) is 0 Å². The lowest BCUT2D eigenvalue weighted by molar-refractivity contribution is 0.0777. The van der Waals surface area contributed by atoms with Gasteiger partial charge in [-0.25, -0.2) is 0 Å². The second-order valence-corrected chi connectivity index (χ2v) is 4.88. The van der Waals surface area contributed by atoms with Crippen LogP contribution in [0.25, 0.3) is 0 Å². The summed E-state index contributed by atoms with van der Waals surface area (Å²) < 4.78 is 6.66. The number of hydrogen-bond donors (Lipinski definition) is 1. The predicted molar refractivity (Wildman–Crippen MR) is 58.3 cm³/mol. The smallest absolute Gasteiger partial charge is 0.0670 e. The second kappa shape index (κ2) is 4.09. The van der Waals surface area contributed by atoms with Crippen LogP contribution < -0.4 is 5.32 Å². The van der Waals surface area contributed by atoms with E-state index < -0.39 is 0 Å². The van der Waals surface area contributed by atoms with Crippen LogP contribution in [-0.2, 0) is 4.74 Å². The number of hydrogen-bond acceptors (Lipinski definition) is 3. The average molecular weight is 262 g/mol. The fourth-order valence-corrected chi connectivity index (χ4v) is 3.24. The Kier molecular flexibility index (Phi) is 3.03. The lowest BCUT2D eigenvalue weighted by Gasteiger charge is -2.23. The van der Waals surface area contributed by atoms with Crippen LogP contribution in [0.3, 0.4) is 0 Å². The van der Waals surface area contributed by atoms with Gasteiger partial charge in [0.05, 0.1) is 19.3 Å². The number of morpholine rings is 1. The molecule has 72 valence electrons. The molecule has 1 aliphatic rings. The molecule has 1 aromatic rings. The van der Waals surface area contributed by atoms with Gasteiger partial charge in [0.25, 0.3) is 0 Å². The SMILES string of the molecule is Cc1csc(C2COCCN2)c1Br. The quantitative estimate of drug-likeness (QED) is 0.839. The van der Waals surface area contributed by atoms with Crippen LogP contribution in [0.5, 0.6) is 0 Å². The van der Waals surface area contributed by atoms with Gasteiger partial charge < -0.3 is 10.1 Å². The van der Waals surface area contributed by atoms with Crippen molar-refractivity contribution in [1.82, 2.24) is 5.32 Å². The van der Waals surface area contributed by atoms with Crippen molar-refractivity contribution in [2.45, 2.75) is 13.0 Å². The highest BCUT2D eigenvalue weighted by molar-refractivity contribution is 9.10. The standard InChI is InChI=1S/C9H12BrNOS/c1-6-5-13-9(8(6)10)7-4-12-3-2-11-7/h5,7,11H,2-4H2,1H3. The van der Waals surface area contributed by atoms with E-state index >= 15 is 0 Å². The number of aryl methyl sites for hydroxylation is 1. The minimum atomic E-state index is 0.377. The number of rotatable bonds is 1. The summed E-state index contributed by atoms with van der Waals surface area (Å²) in [7, 11) is 0. The third kappa shape index (κ3) is 1.96. The molecule has 1 aliphatic heterocycles. The van der Waals surface area contributed by atoms with Gasteiger partial charge in [-0.1, -0.05) is 0 Å². The number of thiophene rings is 1. The van der Waals surface area contributed by atoms with Gasteiger partial charge in [-0.05, 0) is 33.8 Å². The molecule has 1 saturated heterocycles. The minimum Gasteiger partial charge on any atom is -0.378 e. The molecular weight excluding hydrogens is 250 g/mol. The Morgan fingerprint density at radius 3 is 3.08 bits per heavy atom. The van der Waals surface area contributed by atoms with Crippen molar-refractivity contribution in [2.75, 3.05) is 19.8 Å². The highest BCUT2D eigenvalue weighted by atomic mass is 79.9. The second-order valence-electron chi connectivity index (χ2n) is 3.18. The van der Waals surface area contributed by atoms with E-state index in [-0.39, 0.29) is 0 Å². The first-order valence-corrected chi connectivity index (χ1v) is 6.01. The van der Waals surface area contributed by atoms with Gasteiger partial charge in [0.2, 0.25) is 0 Å².